The predicted octanol–water partition coefficient (Wildman–Crippen LogP) is 1.89. The van der Waals surface area contributed by atoms with Gasteiger partial charge in [0.05, 0.1) is 18.9 Å². The van der Waals surface area contributed by atoms with Gasteiger partial charge in [0.15, 0.2) is 0 Å². The van der Waals surface area contributed by atoms with Gasteiger partial charge in [-0.2, -0.15) is 0 Å². The van der Waals surface area contributed by atoms with Crippen LogP contribution in [0.25, 0.3) is 0 Å². The first-order chi connectivity index (χ1) is 16.1. The topological polar surface area (TPSA) is 82.2 Å². The fourth-order valence-corrected chi connectivity index (χ4v) is 5.31. The molecule has 8 heteroatoms. The van der Waals surface area contributed by atoms with Crippen LogP contribution in [0, 0.1) is 11.8 Å². The van der Waals surface area contributed by atoms with Crippen LogP contribution in [0.3, 0.4) is 0 Å². The van der Waals surface area contributed by atoms with Crippen molar-refractivity contribution < 1.29 is 19.1 Å². The molecule has 2 heterocycles. The Bertz CT molecular complexity index is 811. The lowest BCUT2D eigenvalue weighted by atomic mass is 9.81. The highest BCUT2D eigenvalue weighted by molar-refractivity contribution is 6.05. The van der Waals surface area contributed by atoms with Crippen LogP contribution in [0.2, 0.25) is 0 Å². The third kappa shape index (κ3) is 5.66. The summed E-state index contributed by atoms with van der Waals surface area (Å²) in [6, 6.07) is 8.18. The number of anilines is 1. The van der Waals surface area contributed by atoms with Gasteiger partial charge in [0.25, 0.3) is 0 Å². The number of piperazine rings is 1. The molecule has 2 aliphatic heterocycles. The molecule has 2 saturated heterocycles. The lowest BCUT2D eigenvalue weighted by Gasteiger charge is -2.36. The van der Waals surface area contributed by atoms with Crippen LogP contribution in [-0.4, -0.2) is 80.4 Å². The van der Waals surface area contributed by atoms with Crippen molar-refractivity contribution in [1.29, 1.82) is 0 Å². The van der Waals surface area contributed by atoms with E-state index in [1.165, 1.54) is 10.6 Å². The summed E-state index contributed by atoms with van der Waals surface area (Å²) in [7, 11) is 1.68. The molecule has 8 nitrogen and oxygen atoms in total. The van der Waals surface area contributed by atoms with Gasteiger partial charge in [-0.1, -0.05) is 12.8 Å². The molecule has 0 radical (unpaired) electrons. The predicted molar refractivity (Wildman–Crippen MR) is 126 cm³/mol. The minimum atomic E-state index is -0.139. The zero-order valence-corrected chi connectivity index (χ0v) is 19.6. The molecule has 4 rings (SSSR count). The van der Waals surface area contributed by atoms with Crippen molar-refractivity contribution in [3.05, 3.63) is 24.3 Å². The number of rotatable bonds is 9. The number of hydrogen-bond acceptors (Lipinski definition) is 6. The fourth-order valence-electron chi connectivity index (χ4n) is 5.31. The van der Waals surface area contributed by atoms with Crippen molar-refractivity contribution in [3.8, 4) is 5.75 Å². The zero-order valence-electron chi connectivity index (χ0n) is 19.6. The maximum absolute atomic E-state index is 12.5. The minimum absolute atomic E-state index is 0.0636. The second-order valence-electron chi connectivity index (χ2n) is 9.31. The SMILES string of the molecule is COc1ccc(N2CCN(CCCNC(=O)CCN3C(=O)[C@@H]4CCCC[C@H]4C3=O)CC2)cc1. The number of fused-ring (bicyclic) bond motifs is 1. The third-order valence-corrected chi connectivity index (χ3v) is 7.28. The summed E-state index contributed by atoms with van der Waals surface area (Å²) in [6.45, 7) is 5.75. The lowest BCUT2D eigenvalue weighted by molar-refractivity contribution is -0.140. The Morgan fingerprint density at radius 3 is 2.21 bits per heavy atom. The van der Waals surface area contributed by atoms with Crippen LogP contribution in [0.5, 0.6) is 5.75 Å². The van der Waals surface area contributed by atoms with E-state index in [0.717, 1.165) is 70.6 Å². The Labute approximate surface area is 196 Å². The van der Waals surface area contributed by atoms with Gasteiger partial charge in [0.2, 0.25) is 17.7 Å². The molecule has 1 N–H and O–H groups in total. The summed E-state index contributed by atoms with van der Waals surface area (Å²) in [6.07, 6.45) is 4.74. The van der Waals surface area contributed by atoms with Crippen molar-refractivity contribution in [2.75, 3.05) is 57.8 Å². The van der Waals surface area contributed by atoms with Crippen molar-refractivity contribution in [3.63, 3.8) is 0 Å². The van der Waals surface area contributed by atoms with Gasteiger partial charge in [-0.25, -0.2) is 0 Å². The maximum Gasteiger partial charge on any atom is 0.233 e. The molecule has 1 aromatic carbocycles. The highest BCUT2D eigenvalue weighted by Crippen LogP contribution is 2.37. The van der Waals surface area contributed by atoms with Gasteiger partial charge < -0.3 is 15.0 Å². The summed E-state index contributed by atoms with van der Waals surface area (Å²) in [4.78, 5) is 43.4. The van der Waals surface area contributed by atoms with Gasteiger partial charge in [0, 0.05) is 51.4 Å². The number of imide groups is 1. The Hall–Kier alpha value is -2.61. The number of likely N-dealkylation sites (tertiary alicyclic amines) is 1. The van der Waals surface area contributed by atoms with E-state index >= 15 is 0 Å². The molecule has 1 aliphatic carbocycles. The molecule has 0 aromatic heterocycles. The number of carbonyl (C=O) groups is 3. The average Bonchev–Trinajstić information content (AvgIpc) is 3.10. The van der Waals surface area contributed by atoms with Crippen LogP contribution < -0.4 is 15.0 Å². The number of nitrogens with zero attached hydrogens (tertiary/aromatic N) is 3. The average molecular weight is 457 g/mol. The van der Waals surface area contributed by atoms with E-state index in [4.69, 9.17) is 4.74 Å². The molecule has 0 bridgehead atoms. The number of methoxy groups -OCH3 is 1. The molecule has 3 fully saturated rings. The Morgan fingerprint density at radius 1 is 0.970 bits per heavy atom. The monoisotopic (exact) mass is 456 g/mol. The van der Waals surface area contributed by atoms with Crippen LogP contribution in [-0.2, 0) is 14.4 Å². The van der Waals surface area contributed by atoms with Gasteiger partial charge >= 0.3 is 0 Å². The van der Waals surface area contributed by atoms with Crippen LogP contribution in [0.4, 0.5) is 5.69 Å². The second-order valence-corrected chi connectivity index (χ2v) is 9.31. The Kier molecular flexibility index (Phi) is 7.85. The molecule has 3 aliphatic rings. The maximum atomic E-state index is 12.5. The molecular weight excluding hydrogens is 420 g/mol. The fraction of sp³-hybridized carbons (Fsp3) is 0.640. The number of hydrogen-bond donors (Lipinski definition) is 1. The zero-order chi connectivity index (χ0) is 23.2. The van der Waals surface area contributed by atoms with E-state index in [0.29, 0.717) is 6.54 Å². The first-order valence-corrected chi connectivity index (χ1v) is 12.3. The summed E-state index contributed by atoms with van der Waals surface area (Å²) in [5.74, 6) is 0.377. The first kappa shape index (κ1) is 23.5. The first-order valence-electron chi connectivity index (χ1n) is 12.3. The normalized spacial score (nSPS) is 23.5. The summed E-state index contributed by atoms with van der Waals surface area (Å²) < 4.78 is 5.23. The van der Waals surface area contributed by atoms with Gasteiger partial charge in [-0.05, 0) is 50.1 Å². The third-order valence-electron chi connectivity index (χ3n) is 7.28. The molecule has 0 unspecified atom stereocenters. The number of amides is 3. The van der Waals surface area contributed by atoms with Gasteiger partial charge in [0.1, 0.15) is 5.75 Å². The van der Waals surface area contributed by atoms with Crippen molar-refractivity contribution in [2.24, 2.45) is 11.8 Å². The minimum Gasteiger partial charge on any atom is -0.497 e. The number of benzene rings is 1. The molecule has 3 amide bonds. The molecule has 0 spiro atoms. The number of ether oxygens (including phenoxy) is 1. The smallest absolute Gasteiger partial charge is 0.233 e. The van der Waals surface area contributed by atoms with Gasteiger partial charge in [-0.3, -0.25) is 24.2 Å². The number of carbonyl (C=O) groups excluding carboxylic acids is 3. The Balaban J connectivity index is 1.09. The Morgan fingerprint density at radius 2 is 1.61 bits per heavy atom. The highest BCUT2D eigenvalue weighted by atomic mass is 16.5. The molecule has 2 atom stereocenters. The standard InChI is InChI=1S/C25H36N4O4/c1-33-20-9-7-19(8-10-20)28-17-15-27(16-18-28)13-4-12-26-23(30)11-14-29-24(31)21-5-2-3-6-22(21)25(29)32/h7-10,21-22H,2-6,11-18H2,1H3,(H,26,30)/t21-,22-/m1/s1. The van der Waals surface area contributed by atoms with E-state index in [1.54, 1.807) is 7.11 Å². The van der Waals surface area contributed by atoms with E-state index in [2.05, 4.69) is 27.2 Å². The highest BCUT2D eigenvalue weighted by Gasteiger charge is 2.47. The summed E-state index contributed by atoms with van der Waals surface area (Å²) in [5.41, 5.74) is 1.22. The van der Waals surface area contributed by atoms with E-state index in [9.17, 15) is 14.4 Å². The van der Waals surface area contributed by atoms with E-state index < -0.39 is 0 Å². The van der Waals surface area contributed by atoms with Crippen molar-refractivity contribution in [2.45, 2.75) is 38.5 Å². The second kappa shape index (κ2) is 11.0. The van der Waals surface area contributed by atoms with Gasteiger partial charge in [-0.15, -0.1) is 0 Å². The molecule has 1 saturated carbocycles. The van der Waals surface area contributed by atoms with Crippen LogP contribution in [0.15, 0.2) is 24.3 Å². The van der Waals surface area contributed by atoms with E-state index in [-0.39, 0.29) is 42.5 Å². The molecular formula is C25H36N4O4. The summed E-state index contributed by atoms with van der Waals surface area (Å²) >= 11 is 0. The van der Waals surface area contributed by atoms with Crippen LogP contribution >= 0.6 is 0 Å². The lowest BCUT2D eigenvalue weighted by Crippen LogP contribution is -2.47. The largest absolute Gasteiger partial charge is 0.497 e. The quantitative estimate of drug-likeness (QED) is 0.451. The van der Waals surface area contributed by atoms with Crippen molar-refractivity contribution >= 4 is 23.4 Å². The van der Waals surface area contributed by atoms with Crippen LogP contribution in [0.1, 0.15) is 38.5 Å². The van der Waals surface area contributed by atoms with E-state index in [1.807, 2.05) is 12.1 Å². The molecule has 180 valence electrons. The van der Waals surface area contributed by atoms with Crippen molar-refractivity contribution in [1.82, 2.24) is 15.1 Å². The molecule has 1 aromatic rings. The summed E-state index contributed by atoms with van der Waals surface area (Å²) in [5, 5.41) is 2.95. The number of nitrogens with one attached hydrogen (secondary N) is 1. The molecule has 33 heavy (non-hydrogen) atoms.